The number of aliphatic hydroxyl groups excluding tert-OH is 1. The number of hydrogen-bond donors (Lipinski definition) is 1. The van der Waals surface area contributed by atoms with Crippen molar-refractivity contribution in [2.24, 2.45) is 0 Å². The van der Waals surface area contributed by atoms with Gasteiger partial charge in [-0.3, -0.25) is 0 Å². The lowest BCUT2D eigenvalue weighted by atomic mass is 9.95. The molecule has 2 aliphatic heterocycles. The highest BCUT2D eigenvalue weighted by molar-refractivity contribution is 5.70. The average Bonchev–Trinajstić information content (AvgIpc) is 3.05. The number of imidazole rings is 1. The maximum atomic E-state index is 10.1. The molecule has 2 aromatic rings. The minimum atomic E-state index is -0.397. The number of nitrogens with zero attached hydrogens (tertiary/aromatic N) is 2. The van der Waals surface area contributed by atoms with Crippen LogP contribution in [0.15, 0.2) is 30.7 Å². The van der Waals surface area contributed by atoms with Gasteiger partial charge in [-0.25, -0.2) is 4.98 Å². The minimum absolute atomic E-state index is 0.0462. The normalized spacial score (nSPS) is 28.4. The number of ether oxygens (including phenoxy) is 1. The lowest BCUT2D eigenvalue weighted by molar-refractivity contribution is 0.0183. The van der Waals surface area contributed by atoms with Crippen molar-refractivity contribution >= 4 is 0 Å². The Morgan fingerprint density at radius 2 is 2.32 bits per heavy atom. The molecule has 0 saturated carbocycles. The van der Waals surface area contributed by atoms with Crippen LogP contribution in [0.4, 0.5) is 0 Å². The Morgan fingerprint density at radius 3 is 3.11 bits per heavy atom. The first-order valence-corrected chi connectivity index (χ1v) is 6.68. The summed E-state index contributed by atoms with van der Waals surface area (Å²) >= 11 is 0. The molecule has 98 valence electrons. The standard InChI is InChI=1S/C15H16N2O2/c1-9-2-3-10-11(6-9)14(15-13(18)4-5-19-15)17-8-16-7-12(10)17/h2-3,6-8,13-15,18H,4-5H2,1H3/t13?,14-,15?/m0/s1. The summed E-state index contributed by atoms with van der Waals surface area (Å²) in [5.74, 6) is 0. The van der Waals surface area contributed by atoms with E-state index in [4.69, 9.17) is 4.74 Å². The summed E-state index contributed by atoms with van der Waals surface area (Å²) in [6, 6.07) is 6.50. The van der Waals surface area contributed by atoms with Gasteiger partial charge in [0.1, 0.15) is 6.10 Å². The summed E-state index contributed by atoms with van der Waals surface area (Å²) in [4.78, 5) is 4.24. The molecule has 4 rings (SSSR count). The Kier molecular flexibility index (Phi) is 2.31. The molecule has 4 heteroatoms. The molecular formula is C15H16N2O2. The molecule has 0 bridgehead atoms. The van der Waals surface area contributed by atoms with Gasteiger partial charge in [-0.05, 0) is 18.9 Å². The van der Waals surface area contributed by atoms with E-state index in [1.54, 1.807) is 0 Å². The third-order valence-corrected chi connectivity index (χ3v) is 4.18. The van der Waals surface area contributed by atoms with Gasteiger partial charge in [-0.2, -0.15) is 0 Å². The van der Waals surface area contributed by atoms with E-state index < -0.39 is 6.10 Å². The SMILES string of the molecule is Cc1ccc2c(c1)[C@@H](C1OCCC1O)n1cncc1-2. The van der Waals surface area contributed by atoms with Crippen LogP contribution in [0.2, 0.25) is 0 Å². The van der Waals surface area contributed by atoms with Crippen LogP contribution in [0.5, 0.6) is 0 Å². The zero-order valence-corrected chi connectivity index (χ0v) is 10.8. The van der Waals surface area contributed by atoms with Crippen LogP contribution in [0.3, 0.4) is 0 Å². The molecule has 19 heavy (non-hydrogen) atoms. The van der Waals surface area contributed by atoms with Crippen LogP contribution < -0.4 is 0 Å². The highest BCUT2D eigenvalue weighted by Gasteiger charge is 2.41. The van der Waals surface area contributed by atoms with E-state index in [1.165, 1.54) is 16.7 Å². The Bertz CT molecular complexity index is 635. The number of aryl methyl sites for hydroxylation is 1. The predicted molar refractivity (Wildman–Crippen MR) is 70.9 cm³/mol. The van der Waals surface area contributed by atoms with E-state index in [9.17, 15) is 5.11 Å². The monoisotopic (exact) mass is 256 g/mol. The summed E-state index contributed by atoms with van der Waals surface area (Å²) in [7, 11) is 0. The smallest absolute Gasteiger partial charge is 0.108 e. The zero-order valence-electron chi connectivity index (χ0n) is 10.8. The van der Waals surface area contributed by atoms with Crippen molar-refractivity contribution < 1.29 is 9.84 Å². The lowest BCUT2D eigenvalue weighted by Crippen LogP contribution is -2.31. The van der Waals surface area contributed by atoms with E-state index in [1.807, 2.05) is 12.5 Å². The van der Waals surface area contributed by atoms with E-state index in [2.05, 4.69) is 34.7 Å². The summed E-state index contributed by atoms with van der Waals surface area (Å²) in [5, 5.41) is 10.1. The van der Waals surface area contributed by atoms with Gasteiger partial charge in [0.2, 0.25) is 0 Å². The molecule has 3 atom stereocenters. The number of benzene rings is 1. The fourth-order valence-corrected chi connectivity index (χ4v) is 3.28. The topological polar surface area (TPSA) is 47.3 Å². The summed E-state index contributed by atoms with van der Waals surface area (Å²) in [5.41, 5.74) is 4.79. The van der Waals surface area contributed by atoms with Gasteiger partial charge in [-0.1, -0.05) is 23.8 Å². The number of aliphatic hydroxyl groups is 1. The molecule has 4 nitrogen and oxygen atoms in total. The maximum absolute atomic E-state index is 10.1. The average molecular weight is 256 g/mol. The van der Waals surface area contributed by atoms with Crippen LogP contribution >= 0.6 is 0 Å². The molecular weight excluding hydrogens is 240 g/mol. The van der Waals surface area contributed by atoms with Crippen LogP contribution in [0, 0.1) is 6.92 Å². The largest absolute Gasteiger partial charge is 0.390 e. The van der Waals surface area contributed by atoms with E-state index in [0.29, 0.717) is 13.0 Å². The van der Waals surface area contributed by atoms with Crippen molar-refractivity contribution in [3.8, 4) is 11.3 Å². The highest BCUT2D eigenvalue weighted by Crippen LogP contribution is 2.44. The minimum Gasteiger partial charge on any atom is -0.390 e. The molecule has 3 heterocycles. The maximum Gasteiger partial charge on any atom is 0.108 e. The van der Waals surface area contributed by atoms with E-state index in [0.717, 1.165) is 5.69 Å². The molecule has 2 unspecified atom stereocenters. The second-order valence-corrected chi connectivity index (χ2v) is 5.41. The van der Waals surface area contributed by atoms with Gasteiger partial charge in [-0.15, -0.1) is 0 Å². The van der Waals surface area contributed by atoms with Crippen LogP contribution in [0.1, 0.15) is 23.6 Å². The molecule has 1 aromatic heterocycles. The van der Waals surface area contributed by atoms with Crippen molar-refractivity contribution in [2.75, 3.05) is 6.61 Å². The Hall–Kier alpha value is -1.65. The van der Waals surface area contributed by atoms with Gasteiger partial charge in [0.05, 0.1) is 30.4 Å². The van der Waals surface area contributed by atoms with Gasteiger partial charge < -0.3 is 14.4 Å². The van der Waals surface area contributed by atoms with Crippen molar-refractivity contribution in [1.29, 1.82) is 0 Å². The number of fused-ring (bicyclic) bond motifs is 3. The quantitative estimate of drug-likeness (QED) is 0.848. The van der Waals surface area contributed by atoms with E-state index in [-0.39, 0.29) is 12.1 Å². The summed E-state index contributed by atoms with van der Waals surface area (Å²) in [6.45, 7) is 2.72. The molecule has 0 amide bonds. The molecule has 0 aliphatic carbocycles. The van der Waals surface area contributed by atoms with E-state index >= 15 is 0 Å². The molecule has 1 N–H and O–H groups in total. The summed E-state index contributed by atoms with van der Waals surface area (Å²) in [6.07, 6.45) is 3.87. The van der Waals surface area contributed by atoms with Gasteiger partial charge >= 0.3 is 0 Å². The first kappa shape index (κ1) is 11.2. The van der Waals surface area contributed by atoms with Gasteiger partial charge in [0, 0.05) is 12.2 Å². The first-order valence-electron chi connectivity index (χ1n) is 6.68. The third kappa shape index (κ3) is 1.50. The van der Waals surface area contributed by atoms with Crippen LogP contribution in [0.25, 0.3) is 11.3 Å². The molecule has 1 aromatic carbocycles. The molecule has 0 radical (unpaired) electrons. The second kappa shape index (κ2) is 3.92. The predicted octanol–water partition coefficient (Wildman–Crippen LogP) is 1.91. The Morgan fingerprint density at radius 1 is 1.42 bits per heavy atom. The molecule has 1 saturated heterocycles. The van der Waals surface area contributed by atoms with Crippen molar-refractivity contribution in [3.05, 3.63) is 41.9 Å². The lowest BCUT2D eigenvalue weighted by Gasteiger charge is -2.24. The van der Waals surface area contributed by atoms with Gasteiger partial charge in [0.15, 0.2) is 0 Å². The molecule has 2 aliphatic rings. The van der Waals surface area contributed by atoms with Crippen molar-refractivity contribution in [2.45, 2.75) is 31.6 Å². The fraction of sp³-hybridized carbons (Fsp3) is 0.400. The van der Waals surface area contributed by atoms with Crippen molar-refractivity contribution in [3.63, 3.8) is 0 Å². The fourth-order valence-electron chi connectivity index (χ4n) is 3.28. The number of hydrogen-bond acceptors (Lipinski definition) is 3. The second-order valence-electron chi connectivity index (χ2n) is 5.41. The van der Waals surface area contributed by atoms with Gasteiger partial charge in [0.25, 0.3) is 0 Å². The summed E-state index contributed by atoms with van der Waals surface area (Å²) < 4.78 is 7.90. The third-order valence-electron chi connectivity index (χ3n) is 4.18. The molecule has 1 fully saturated rings. The highest BCUT2D eigenvalue weighted by atomic mass is 16.5. The van der Waals surface area contributed by atoms with Crippen LogP contribution in [-0.4, -0.2) is 33.5 Å². The number of rotatable bonds is 1. The first-order chi connectivity index (χ1) is 9.25. The van der Waals surface area contributed by atoms with Crippen molar-refractivity contribution in [1.82, 2.24) is 9.55 Å². The Balaban J connectivity index is 1.90. The van der Waals surface area contributed by atoms with Crippen LogP contribution in [-0.2, 0) is 4.74 Å². The number of aromatic nitrogens is 2. The zero-order chi connectivity index (χ0) is 13.0. The Labute approximate surface area is 111 Å². The molecule has 0 spiro atoms.